The van der Waals surface area contributed by atoms with Crippen LogP contribution in [0.3, 0.4) is 0 Å². The number of methoxy groups -OCH3 is 1. The van der Waals surface area contributed by atoms with Crippen molar-refractivity contribution in [2.75, 3.05) is 13.7 Å². The molecule has 0 amide bonds. The number of esters is 1. The van der Waals surface area contributed by atoms with Crippen LogP contribution in [0.15, 0.2) is 22.7 Å². The summed E-state index contributed by atoms with van der Waals surface area (Å²) in [6, 6.07) is 4.49. The summed E-state index contributed by atoms with van der Waals surface area (Å²) in [6.45, 7) is 1.93. The summed E-state index contributed by atoms with van der Waals surface area (Å²) in [4.78, 5) is 10.9. The first-order valence-electron chi connectivity index (χ1n) is 4.24. The maximum Gasteiger partial charge on any atom is 0.337 e. The number of hydrogen-bond acceptors (Lipinski definition) is 4. The number of carbonyl (C=O) groups is 1. The molecule has 0 spiro atoms. The minimum atomic E-state index is -0.460. The summed E-state index contributed by atoms with van der Waals surface area (Å²) >= 11 is 3.10. The van der Waals surface area contributed by atoms with Crippen molar-refractivity contribution in [3.63, 3.8) is 0 Å². The third-order valence-electron chi connectivity index (χ3n) is 1.37. The normalized spacial score (nSPS) is 8.80. The molecule has 0 fully saturated rings. The Bertz CT molecular complexity index is 325. The number of aliphatic hydroxyl groups excluding tert-OH is 1. The van der Waals surface area contributed by atoms with E-state index in [9.17, 15) is 9.90 Å². The Morgan fingerprint density at radius 3 is 2.47 bits per heavy atom. The highest BCUT2D eigenvalue weighted by atomic mass is 79.9. The molecule has 0 aliphatic heterocycles. The van der Waals surface area contributed by atoms with E-state index in [0.29, 0.717) is 10.0 Å². The van der Waals surface area contributed by atoms with Gasteiger partial charge in [-0.25, -0.2) is 4.79 Å². The maximum atomic E-state index is 10.9. The Morgan fingerprint density at radius 1 is 1.53 bits per heavy atom. The third kappa shape index (κ3) is 4.80. The van der Waals surface area contributed by atoms with Gasteiger partial charge in [0.2, 0.25) is 0 Å². The van der Waals surface area contributed by atoms with Gasteiger partial charge in [-0.3, -0.25) is 0 Å². The molecule has 1 aromatic carbocycles. The van der Waals surface area contributed by atoms with Crippen LogP contribution in [0.4, 0.5) is 0 Å². The zero-order valence-corrected chi connectivity index (χ0v) is 10.1. The molecule has 0 heterocycles. The summed E-state index contributed by atoms with van der Waals surface area (Å²) in [5, 5.41) is 16.8. The summed E-state index contributed by atoms with van der Waals surface area (Å²) in [5.41, 5.74) is 0.332. The lowest BCUT2D eigenvalue weighted by atomic mass is 10.2. The molecule has 0 aliphatic rings. The summed E-state index contributed by atoms with van der Waals surface area (Å²) in [7, 11) is 1.29. The van der Waals surface area contributed by atoms with Crippen molar-refractivity contribution in [1.82, 2.24) is 0 Å². The van der Waals surface area contributed by atoms with E-state index < -0.39 is 5.97 Å². The first-order chi connectivity index (χ1) is 7.06. The SMILES string of the molecule is CCO.COC(=O)c1ccc(Br)c(O)c1. The second-order valence-electron chi connectivity index (χ2n) is 2.47. The molecule has 4 nitrogen and oxygen atoms in total. The maximum absolute atomic E-state index is 10.9. The smallest absolute Gasteiger partial charge is 0.337 e. The highest BCUT2D eigenvalue weighted by Gasteiger charge is 2.06. The van der Waals surface area contributed by atoms with Crippen molar-refractivity contribution in [2.45, 2.75) is 6.92 Å². The Morgan fingerprint density at radius 2 is 2.07 bits per heavy atom. The lowest BCUT2D eigenvalue weighted by Crippen LogP contribution is -2.00. The Balaban J connectivity index is 0.000000583. The molecule has 5 heteroatoms. The topological polar surface area (TPSA) is 66.8 Å². The van der Waals surface area contributed by atoms with E-state index in [0.717, 1.165) is 0 Å². The number of hydrogen-bond donors (Lipinski definition) is 2. The minimum absolute atomic E-state index is 0.0258. The van der Waals surface area contributed by atoms with Gasteiger partial charge in [0.25, 0.3) is 0 Å². The molecular formula is C10H13BrO4. The molecule has 0 atom stereocenters. The molecule has 0 saturated heterocycles. The van der Waals surface area contributed by atoms with Crippen LogP contribution in [0, 0.1) is 0 Å². The predicted octanol–water partition coefficient (Wildman–Crippen LogP) is 1.94. The molecule has 0 bridgehead atoms. The van der Waals surface area contributed by atoms with Crippen molar-refractivity contribution in [1.29, 1.82) is 0 Å². The molecule has 1 rings (SSSR count). The van der Waals surface area contributed by atoms with E-state index >= 15 is 0 Å². The van der Waals surface area contributed by atoms with Crippen LogP contribution in [0.1, 0.15) is 17.3 Å². The molecule has 0 aliphatic carbocycles. The lowest BCUT2D eigenvalue weighted by Gasteiger charge is -2.00. The van der Waals surface area contributed by atoms with E-state index in [1.54, 1.807) is 19.1 Å². The van der Waals surface area contributed by atoms with Gasteiger partial charge in [-0.2, -0.15) is 0 Å². The number of aromatic hydroxyl groups is 1. The van der Waals surface area contributed by atoms with Crippen molar-refractivity contribution in [3.05, 3.63) is 28.2 Å². The van der Waals surface area contributed by atoms with E-state index in [4.69, 9.17) is 5.11 Å². The van der Waals surface area contributed by atoms with Gasteiger partial charge < -0.3 is 14.9 Å². The fourth-order valence-electron chi connectivity index (χ4n) is 0.757. The van der Waals surface area contributed by atoms with Gasteiger partial charge in [0, 0.05) is 6.61 Å². The third-order valence-corrected chi connectivity index (χ3v) is 2.04. The predicted molar refractivity (Wildman–Crippen MR) is 59.9 cm³/mol. The zero-order valence-electron chi connectivity index (χ0n) is 8.53. The lowest BCUT2D eigenvalue weighted by molar-refractivity contribution is 0.0600. The molecule has 0 saturated carbocycles. The summed E-state index contributed by atoms with van der Waals surface area (Å²) in [6.07, 6.45) is 0. The number of rotatable bonds is 1. The van der Waals surface area contributed by atoms with Gasteiger partial charge in [0.05, 0.1) is 17.1 Å². The van der Waals surface area contributed by atoms with Crippen molar-refractivity contribution < 1.29 is 19.7 Å². The summed E-state index contributed by atoms with van der Waals surface area (Å²) < 4.78 is 5.02. The van der Waals surface area contributed by atoms with Gasteiger partial charge in [-0.05, 0) is 41.1 Å². The van der Waals surface area contributed by atoms with Crippen LogP contribution >= 0.6 is 15.9 Å². The minimum Gasteiger partial charge on any atom is -0.507 e. The second kappa shape index (κ2) is 7.25. The molecule has 2 N–H and O–H groups in total. The number of carbonyl (C=O) groups excluding carboxylic acids is 1. The Kier molecular flexibility index (Phi) is 6.73. The van der Waals surface area contributed by atoms with Crippen molar-refractivity contribution >= 4 is 21.9 Å². The molecule has 0 aromatic heterocycles. The number of phenols is 1. The average Bonchev–Trinajstić information content (AvgIpc) is 2.22. The van der Waals surface area contributed by atoms with Crippen LogP contribution in [-0.2, 0) is 4.74 Å². The number of aliphatic hydroxyl groups is 1. The van der Waals surface area contributed by atoms with Gasteiger partial charge in [0.15, 0.2) is 0 Å². The molecule has 0 radical (unpaired) electrons. The quantitative estimate of drug-likeness (QED) is 0.770. The van der Waals surface area contributed by atoms with Crippen LogP contribution in [0.5, 0.6) is 5.75 Å². The van der Waals surface area contributed by atoms with E-state index in [-0.39, 0.29) is 12.4 Å². The Hall–Kier alpha value is -1.07. The molecule has 0 unspecified atom stereocenters. The fraction of sp³-hybridized carbons (Fsp3) is 0.300. The van der Waals surface area contributed by atoms with E-state index in [1.165, 1.54) is 13.2 Å². The van der Waals surface area contributed by atoms with Crippen molar-refractivity contribution in [2.24, 2.45) is 0 Å². The largest absolute Gasteiger partial charge is 0.507 e. The number of phenolic OH excluding ortho intramolecular Hbond substituents is 1. The second-order valence-corrected chi connectivity index (χ2v) is 3.33. The highest BCUT2D eigenvalue weighted by molar-refractivity contribution is 9.10. The van der Waals surface area contributed by atoms with Crippen LogP contribution in [-0.4, -0.2) is 29.9 Å². The monoisotopic (exact) mass is 276 g/mol. The number of halogens is 1. The molecular weight excluding hydrogens is 264 g/mol. The van der Waals surface area contributed by atoms with Crippen LogP contribution < -0.4 is 0 Å². The van der Waals surface area contributed by atoms with Crippen LogP contribution in [0.2, 0.25) is 0 Å². The summed E-state index contributed by atoms with van der Waals surface area (Å²) in [5.74, 6) is -0.435. The van der Waals surface area contributed by atoms with Gasteiger partial charge in [-0.1, -0.05) is 0 Å². The van der Waals surface area contributed by atoms with Crippen LogP contribution in [0.25, 0.3) is 0 Å². The number of ether oxygens (including phenoxy) is 1. The molecule has 1 aromatic rings. The standard InChI is InChI=1S/C8H7BrO3.C2H6O/c1-12-8(11)5-2-3-6(9)7(10)4-5;1-2-3/h2-4,10H,1H3;3H,2H2,1H3. The Labute approximate surface area is 96.6 Å². The highest BCUT2D eigenvalue weighted by Crippen LogP contribution is 2.24. The molecule has 15 heavy (non-hydrogen) atoms. The fourth-order valence-corrected chi connectivity index (χ4v) is 1.00. The van der Waals surface area contributed by atoms with E-state index in [1.807, 2.05) is 0 Å². The average molecular weight is 277 g/mol. The first-order valence-corrected chi connectivity index (χ1v) is 5.03. The zero-order chi connectivity index (χ0) is 11.8. The number of benzene rings is 1. The van der Waals surface area contributed by atoms with E-state index in [2.05, 4.69) is 20.7 Å². The molecule has 84 valence electrons. The van der Waals surface area contributed by atoms with Crippen molar-refractivity contribution in [3.8, 4) is 5.75 Å². The van der Waals surface area contributed by atoms with Gasteiger partial charge >= 0.3 is 5.97 Å². The van der Waals surface area contributed by atoms with Gasteiger partial charge in [0.1, 0.15) is 5.75 Å². The van der Waals surface area contributed by atoms with Gasteiger partial charge in [-0.15, -0.1) is 0 Å². The first kappa shape index (κ1) is 13.9.